The van der Waals surface area contributed by atoms with E-state index in [2.05, 4.69) is 12.2 Å². The lowest BCUT2D eigenvalue weighted by molar-refractivity contribution is -0.383. The topological polar surface area (TPSA) is 81.2 Å². The van der Waals surface area contributed by atoms with Gasteiger partial charge in [-0.2, -0.15) is 0 Å². The van der Waals surface area contributed by atoms with Crippen LogP contribution in [0, 0.1) is 16.0 Å². The number of anilines is 2. The molecule has 0 radical (unpaired) electrons. The molecule has 104 valence electrons. The predicted octanol–water partition coefficient (Wildman–Crippen LogP) is 3.56. The number of rotatable bonds is 3. The summed E-state index contributed by atoms with van der Waals surface area (Å²) in [4.78, 5) is 10.7. The fourth-order valence-electron chi connectivity index (χ4n) is 2.79. The lowest BCUT2D eigenvalue weighted by Gasteiger charge is -2.24. The van der Waals surface area contributed by atoms with E-state index in [0.29, 0.717) is 17.6 Å². The lowest BCUT2D eigenvalue weighted by Crippen LogP contribution is -2.26. The summed E-state index contributed by atoms with van der Waals surface area (Å²) in [5, 5.41) is 14.5. The van der Waals surface area contributed by atoms with Gasteiger partial charge in [0.25, 0.3) is 0 Å². The summed E-state index contributed by atoms with van der Waals surface area (Å²) in [6, 6.07) is 5.36. The molecule has 2 rings (SSSR count). The van der Waals surface area contributed by atoms with Crippen molar-refractivity contribution in [2.75, 3.05) is 11.1 Å². The molecule has 5 nitrogen and oxygen atoms in total. The van der Waals surface area contributed by atoms with Crippen LogP contribution in [0.25, 0.3) is 0 Å². The van der Waals surface area contributed by atoms with Gasteiger partial charge in [0.2, 0.25) is 0 Å². The Morgan fingerprint density at radius 3 is 2.79 bits per heavy atom. The Kier molecular flexibility index (Phi) is 4.24. The SMILES string of the molecule is CC1CCCCCC1Nc1cccc(N)c1[N+](=O)[O-]. The molecule has 1 aromatic rings. The summed E-state index contributed by atoms with van der Waals surface area (Å²) in [6.45, 7) is 2.21. The first-order chi connectivity index (χ1) is 9.09. The molecule has 1 fully saturated rings. The molecule has 1 aliphatic rings. The summed E-state index contributed by atoms with van der Waals surface area (Å²) in [6.07, 6.45) is 5.92. The van der Waals surface area contributed by atoms with Gasteiger partial charge in [0.15, 0.2) is 0 Å². The molecule has 0 amide bonds. The Morgan fingerprint density at radius 2 is 2.05 bits per heavy atom. The second kappa shape index (κ2) is 5.91. The van der Waals surface area contributed by atoms with Gasteiger partial charge in [-0.25, -0.2) is 0 Å². The van der Waals surface area contributed by atoms with Gasteiger partial charge in [-0.1, -0.05) is 32.3 Å². The number of benzene rings is 1. The highest BCUT2D eigenvalue weighted by molar-refractivity contribution is 5.74. The van der Waals surface area contributed by atoms with Crippen molar-refractivity contribution < 1.29 is 4.92 Å². The maximum absolute atomic E-state index is 11.1. The van der Waals surface area contributed by atoms with Crippen LogP contribution in [-0.2, 0) is 0 Å². The molecular weight excluding hydrogens is 242 g/mol. The molecule has 0 saturated heterocycles. The summed E-state index contributed by atoms with van der Waals surface area (Å²) in [7, 11) is 0. The van der Waals surface area contributed by atoms with Crippen molar-refractivity contribution in [2.24, 2.45) is 5.92 Å². The zero-order valence-electron chi connectivity index (χ0n) is 11.3. The highest BCUT2D eigenvalue weighted by atomic mass is 16.6. The van der Waals surface area contributed by atoms with Crippen molar-refractivity contribution in [3.05, 3.63) is 28.3 Å². The van der Waals surface area contributed by atoms with Gasteiger partial charge in [0, 0.05) is 6.04 Å². The van der Waals surface area contributed by atoms with E-state index in [-0.39, 0.29) is 11.4 Å². The van der Waals surface area contributed by atoms with Crippen LogP contribution in [0.3, 0.4) is 0 Å². The third-order valence-corrected chi connectivity index (χ3v) is 3.95. The standard InChI is InChI=1S/C14H21N3O2/c1-10-6-3-2-4-8-12(10)16-13-9-5-7-11(15)14(13)17(18)19/h5,7,9-10,12,16H,2-4,6,8,15H2,1H3. The summed E-state index contributed by atoms with van der Waals surface area (Å²) < 4.78 is 0. The summed E-state index contributed by atoms with van der Waals surface area (Å²) in [5.41, 5.74) is 6.47. The van der Waals surface area contributed by atoms with Crippen LogP contribution < -0.4 is 11.1 Å². The van der Waals surface area contributed by atoms with Gasteiger partial charge in [0.05, 0.1) is 4.92 Å². The van der Waals surface area contributed by atoms with Crippen molar-refractivity contribution in [1.82, 2.24) is 0 Å². The third-order valence-electron chi connectivity index (χ3n) is 3.95. The number of nitrogens with two attached hydrogens (primary N) is 1. The van der Waals surface area contributed by atoms with E-state index in [0.717, 1.165) is 6.42 Å². The third kappa shape index (κ3) is 3.16. The van der Waals surface area contributed by atoms with Crippen molar-refractivity contribution in [3.8, 4) is 0 Å². The quantitative estimate of drug-likeness (QED) is 0.378. The highest BCUT2D eigenvalue weighted by Gasteiger charge is 2.24. The number of nitrogens with zero attached hydrogens (tertiary/aromatic N) is 1. The van der Waals surface area contributed by atoms with Gasteiger partial charge >= 0.3 is 5.69 Å². The van der Waals surface area contributed by atoms with Crippen LogP contribution in [0.1, 0.15) is 39.0 Å². The Labute approximate surface area is 113 Å². The van der Waals surface area contributed by atoms with Crippen LogP contribution >= 0.6 is 0 Å². The second-order valence-corrected chi connectivity index (χ2v) is 5.37. The number of nitro benzene ring substituents is 1. The molecule has 5 heteroatoms. The normalized spacial score (nSPS) is 23.6. The minimum Gasteiger partial charge on any atom is -0.393 e. The Hall–Kier alpha value is -1.78. The Balaban J connectivity index is 2.22. The first kappa shape index (κ1) is 13.6. The molecule has 19 heavy (non-hydrogen) atoms. The van der Waals surface area contributed by atoms with Crippen molar-refractivity contribution >= 4 is 17.1 Å². The fraction of sp³-hybridized carbons (Fsp3) is 0.571. The minimum absolute atomic E-state index is 0.000975. The minimum atomic E-state index is -0.404. The fourth-order valence-corrected chi connectivity index (χ4v) is 2.79. The molecule has 0 bridgehead atoms. The van der Waals surface area contributed by atoms with E-state index in [1.54, 1.807) is 18.2 Å². The maximum Gasteiger partial charge on any atom is 0.314 e. The summed E-state index contributed by atoms with van der Waals surface area (Å²) in [5.74, 6) is 0.531. The highest BCUT2D eigenvalue weighted by Crippen LogP contribution is 2.33. The second-order valence-electron chi connectivity index (χ2n) is 5.37. The van der Waals surface area contributed by atoms with E-state index in [1.165, 1.54) is 25.7 Å². The molecule has 0 aromatic heterocycles. The van der Waals surface area contributed by atoms with Crippen LogP contribution in [0.2, 0.25) is 0 Å². The monoisotopic (exact) mass is 263 g/mol. The maximum atomic E-state index is 11.1. The smallest absolute Gasteiger partial charge is 0.314 e. The zero-order valence-corrected chi connectivity index (χ0v) is 11.3. The van der Waals surface area contributed by atoms with E-state index in [4.69, 9.17) is 5.73 Å². The molecule has 3 N–H and O–H groups in total. The van der Waals surface area contributed by atoms with Gasteiger partial charge in [0.1, 0.15) is 11.4 Å². The predicted molar refractivity (Wildman–Crippen MR) is 77.2 cm³/mol. The molecule has 1 aliphatic carbocycles. The number of nitrogen functional groups attached to an aromatic ring is 1. The average Bonchev–Trinajstić information content (AvgIpc) is 2.54. The number of nitro groups is 1. The molecule has 1 aromatic carbocycles. The van der Waals surface area contributed by atoms with Gasteiger partial charge in [-0.3, -0.25) is 10.1 Å². The van der Waals surface area contributed by atoms with Gasteiger partial charge in [-0.05, 0) is 30.9 Å². The molecule has 2 atom stereocenters. The zero-order chi connectivity index (χ0) is 13.8. The van der Waals surface area contributed by atoms with Crippen molar-refractivity contribution in [2.45, 2.75) is 45.1 Å². The van der Waals surface area contributed by atoms with Crippen molar-refractivity contribution in [1.29, 1.82) is 0 Å². The first-order valence-electron chi connectivity index (χ1n) is 6.89. The van der Waals surface area contributed by atoms with Crippen LogP contribution in [0.4, 0.5) is 17.1 Å². The van der Waals surface area contributed by atoms with Gasteiger partial charge in [-0.15, -0.1) is 0 Å². The first-order valence-corrected chi connectivity index (χ1v) is 6.89. The number of para-hydroxylation sites is 1. The largest absolute Gasteiger partial charge is 0.393 e. The van der Waals surface area contributed by atoms with E-state index in [9.17, 15) is 10.1 Å². The molecule has 0 heterocycles. The molecule has 2 unspecified atom stereocenters. The number of nitrogens with one attached hydrogen (secondary N) is 1. The number of hydrogen-bond donors (Lipinski definition) is 2. The van der Waals surface area contributed by atoms with Crippen LogP contribution in [0.5, 0.6) is 0 Å². The molecule has 0 spiro atoms. The Morgan fingerprint density at radius 1 is 1.32 bits per heavy atom. The molecular formula is C14H21N3O2. The van der Waals surface area contributed by atoms with Gasteiger partial charge < -0.3 is 11.1 Å². The molecule has 1 saturated carbocycles. The summed E-state index contributed by atoms with van der Waals surface area (Å²) >= 11 is 0. The van der Waals surface area contributed by atoms with E-state index < -0.39 is 4.92 Å². The number of hydrogen-bond acceptors (Lipinski definition) is 4. The lowest BCUT2D eigenvalue weighted by atomic mass is 9.96. The van der Waals surface area contributed by atoms with Crippen LogP contribution in [0.15, 0.2) is 18.2 Å². The Bertz CT molecular complexity index is 462. The van der Waals surface area contributed by atoms with Crippen LogP contribution in [-0.4, -0.2) is 11.0 Å². The van der Waals surface area contributed by atoms with Crippen molar-refractivity contribution in [3.63, 3.8) is 0 Å². The van der Waals surface area contributed by atoms with E-state index >= 15 is 0 Å². The van der Waals surface area contributed by atoms with E-state index in [1.807, 2.05) is 0 Å². The molecule has 0 aliphatic heterocycles. The average molecular weight is 263 g/mol.